The average molecular weight is 360 g/mol. The summed E-state index contributed by atoms with van der Waals surface area (Å²) in [5.41, 5.74) is 2.17. The molecule has 1 aliphatic rings. The fourth-order valence-corrected chi connectivity index (χ4v) is 3.29. The number of benzene rings is 1. The second kappa shape index (κ2) is 8.67. The van der Waals surface area contributed by atoms with Gasteiger partial charge in [-0.15, -0.1) is 0 Å². The highest BCUT2D eigenvalue weighted by Gasteiger charge is 2.22. The van der Waals surface area contributed by atoms with Crippen molar-refractivity contribution in [1.82, 2.24) is 9.80 Å². The van der Waals surface area contributed by atoms with Crippen LogP contribution in [0, 0.1) is 0 Å². The van der Waals surface area contributed by atoms with Gasteiger partial charge in [0, 0.05) is 51.8 Å². The lowest BCUT2D eigenvalue weighted by Gasteiger charge is -2.34. The van der Waals surface area contributed by atoms with Gasteiger partial charge in [-0.3, -0.25) is 9.59 Å². The third-order valence-electron chi connectivity index (χ3n) is 5.15. The van der Waals surface area contributed by atoms with E-state index < -0.39 is 0 Å². The first-order valence-corrected chi connectivity index (χ1v) is 9.61. The molecule has 1 aromatic carbocycles. The van der Waals surface area contributed by atoms with Crippen molar-refractivity contribution in [3.05, 3.63) is 29.8 Å². The van der Waals surface area contributed by atoms with Crippen molar-refractivity contribution in [2.45, 2.75) is 46.5 Å². The van der Waals surface area contributed by atoms with E-state index in [0.717, 1.165) is 38.4 Å². The molecule has 2 rings (SSSR count). The van der Waals surface area contributed by atoms with Gasteiger partial charge in [0.15, 0.2) is 0 Å². The molecule has 0 saturated carbocycles. The zero-order valence-corrected chi connectivity index (χ0v) is 16.9. The summed E-state index contributed by atoms with van der Waals surface area (Å²) in [6.45, 7) is 15.1. The molecule has 5 nitrogen and oxygen atoms in total. The van der Waals surface area contributed by atoms with Crippen LogP contribution in [0.5, 0.6) is 0 Å². The van der Waals surface area contributed by atoms with Gasteiger partial charge in [0.25, 0.3) is 0 Å². The summed E-state index contributed by atoms with van der Waals surface area (Å²) in [5, 5.41) is 0. The SMILES string of the molecule is CCN1CCN(C(=O)CCN(C(C)=O)c2ccc(C(C)(C)C)cc2)CC1. The highest BCUT2D eigenvalue weighted by Crippen LogP contribution is 2.25. The van der Waals surface area contributed by atoms with E-state index in [-0.39, 0.29) is 17.2 Å². The summed E-state index contributed by atoms with van der Waals surface area (Å²) in [5.74, 6) is 0.107. The summed E-state index contributed by atoms with van der Waals surface area (Å²) in [4.78, 5) is 30.6. The molecule has 0 aromatic heterocycles. The molecule has 1 saturated heterocycles. The number of nitrogens with zero attached hydrogens (tertiary/aromatic N) is 3. The molecule has 0 aliphatic carbocycles. The van der Waals surface area contributed by atoms with Crippen LogP contribution in [0.2, 0.25) is 0 Å². The Morgan fingerprint density at radius 1 is 1.04 bits per heavy atom. The quantitative estimate of drug-likeness (QED) is 0.812. The minimum atomic E-state index is -0.0305. The molecule has 0 bridgehead atoms. The molecule has 1 heterocycles. The lowest BCUT2D eigenvalue weighted by molar-refractivity contribution is -0.132. The van der Waals surface area contributed by atoms with Crippen LogP contribution in [0.1, 0.15) is 46.6 Å². The van der Waals surface area contributed by atoms with E-state index in [1.54, 1.807) is 11.8 Å². The molecule has 1 aliphatic heterocycles. The zero-order valence-electron chi connectivity index (χ0n) is 16.9. The van der Waals surface area contributed by atoms with Crippen LogP contribution in [0.25, 0.3) is 0 Å². The molecular formula is C21H33N3O2. The Morgan fingerprint density at radius 2 is 1.62 bits per heavy atom. The van der Waals surface area contributed by atoms with Crippen LogP contribution in [-0.2, 0) is 15.0 Å². The number of piperazine rings is 1. The van der Waals surface area contributed by atoms with Gasteiger partial charge in [-0.05, 0) is 29.7 Å². The molecule has 0 radical (unpaired) electrons. The Kier molecular flexibility index (Phi) is 6.81. The predicted octanol–water partition coefficient (Wildman–Crippen LogP) is 2.89. The van der Waals surface area contributed by atoms with Crippen molar-refractivity contribution in [3.8, 4) is 0 Å². The van der Waals surface area contributed by atoms with Gasteiger partial charge in [0.2, 0.25) is 11.8 Å². The minimum Gasteiger partial charge on any atom is -0.340 e. The fraction of sp³-hybridized carbons (Fsp3) is 0.619. The van der Waals surface area contributed by atoms with Gasteiger partial charge in [0.05, 0.1) is 0 Å². The summed E-state index contributed by atoms with van der Waals surface area (Å²) in [6.07, 6.45) is 0.368. The second-order valence-corrected chi connectivity index (χ2v) is 8.03. The van der Waals surface area contributed by atoms with E-state index in [4.69, 9.17) is 0 Å². The standard InChI is InChI=1S/C21H33N3O2/c1-6-22-13-15-23(16-14-22)20(26)11-12-24(17(2)25)19-9-7-18(8-10-19)21(3,4)5/h7-10H,6,11-16H2,1-5H3. The summed E-state index contributed by atoms with van der Waals surface area (Å²) >= 11 is 0. The van der Waals surface area contributed by atoms with Crippen molar-refractivity contribution < 1.29 is 9.59 Å². The van der Waals surface area contributed by atoms with E-state index in [9.17, 15) is 9.59 Å². The Balaban J connectivity index is 1.96. The Labute approximate surface area is 158 Å². The number of carbonyl (C=O) groups is 2. The van der Waals surface area contributed by atoms with Crippen LogP contribution < -0.4 is 4.90 Å². The Hall–Kier alpha value is -1.88. The summed E-state index contributed by atoms with van der Waals surface area (Å²) < 4.78 is 0. The molecule has 0 atom stereocenters. The summed E-state index contributed by atoms with van der Waals surface area (Å²) in [7, 11) is 0. The van der Waals surface area contributed by atoms with E-state index in [2.05, 4.69) is 44.7 Å². The van der Waals surface area contributed by atoms with Crippen LogP contribution in [0.3, 0.4) is 0 Å². The number of hydrogen-bond acceptors (Lipinski definition) is 3. The molecule has 144 valence electrons. The van der Waals surface area contributed by atoms with Gasteiger partial charge in [-0.25, -0.2) is 0 Å². The van der Waals surface area contributed by atoms with E-state index in [1.165, 1.54) is 5.56 Å². The number of anilines is 1. The lowest BCUT2D eigenvalue weighted by atomic mass is 9.87. The molecule has 1 fully saturated rings. The second-order valence-electron chi connectivity index (χ2n) is 8.03. The first kappa shape index (κ1) is 20.4. The topological polar surface area (TPSA) is 43.9 Å². The van der Waals surface area contributed by atoms with Gasteiger partial charge in [-0.2, -0.15) is 0 Å². The first-order valence-electron chi connectivity index (χ1n) is 9.61. The number of rotatable bonds is 5. The van der Waals surface area contributed by atoms with Crippen molar-refractivity contribution in [3.63, 3.8) is 0 Å². The predicted molar refractivity (Wildman–Crippen MR) is 106 cm³/mol. The van der Waals surface area contributed by atoms with Gasteiger partial charge >= 0.3 is 0 Å². The van der Waals surface area contributed by atoms with E-state index >= 15 is 0 Å². The van der Waals surface area contributed by atoms with E-state index in [0.29, 0.717) is 13.0 Å². The van der Waals surface area contributed by atoms with Crippen LogP contribution in [0.15, 0.2) is 24.3 Å². The normalized spacial score (nSPS) is 15.8. The largest absolute Gasteiger partial charge is 0.340 e. The van der Waals surface area contributed by atoms with Crippen LogP contribution in [-0.4, -0.2) is 60.9 Å². The van der Waals surface area contributed by atoms with Crippen molar-refractivity contribution in [2.24, 2.45) is 0 Å². The fourth-order valence-electron chi connectivity index (χ4n) is 3.29. The summed E-state index contributed by atoms with van der Waals surface area (Å²) in [6, 6.07) is 8.09. The number of likely N-dealkylation sites (N-methyl/N-ethyl adjacent to an activating group) is 1. The van der Waals surface area contributed by atoms with Crippen LogP contribution in [0.4, 0.5) is 5.69 Å². The van der Waals surface area contributed by atoms with Crippen LogP contribution >= 0.6 is 0 Å². The number of carbonyl (C=O) groups excluding carboxylic acids is 2. The molecular weight excluding hydrogens is 326 g/mol. The molecule has 0 spiro atoms. The van der Waals surface area contributed by atoms with Gasteiger partial charge < -0.3 is 14.7 Å². The molecule has 0 unspecified atom stereocenters. The first-order chi connectivity index (χ1) is 12.2. The maximum Gasteiger partial charge on any atom is 0.224 e. The highest BCUT2D eigenvalue weighted by atomic mass is 16.2. The third kappa shape index (κ3) is 5.31. The zero-order chi connectivity index (χ0) is 19.3. The molecule has 2 amide bonds. The van der Waals surface area contributed by atoms with Crippen molar-refractivity contribution >= 4 is 17.5 Å². The molecule has 26 heavy (non-hydrogen) atoms. The highest BCUT2D eigenvalue weighted by molar-refractivity contribution is 5.92. The van der Waals surface area contributed by atoms with Gasteiger partial charge in [-0.1, -0.05) is 39.8 Å². The Bertz CT molecular complexity index is 611. The maximum absolute atomic E-state index is 12.5. The maximum atomic E-state index is 12.5. The Morgan fingerprint density at radius 3 is 2.08 bits per heavy atom. The number of amides is 2. The van der Waals surface area contributed by atoms with Gasteiger partial charge in [0.1, 0.15) is 0 Å². The average Bonchev–Trinajstić information content (AvgIpc) is 2.61. The monoisotopic (exact) mass is 359 g/mol. The van der Waals surface area contributed by atoms with Crippen molar-refractivity contribution in [1.29, 1.82) is 0 Å². The smallest absolute Gasteiger partial charge is 0.224 e. The molecule has 0 N–H and O–H groups in total. The minimum absolute atomic E-state index is 0.0305. The molecule has 1 aromatic rings. The third-order valence-corrected chi connectivity index (χ3v) is 5.15. The lowest BCUT2D eigenvalue weighted by Crippen LogP contribution is -2.49. The molecule has 5 heteroatoms. The number of hydrogen-bond donors (Lipinski definition) is 0. The van der Waals surface area contributed by atoms with Crippen molar-refractivity contribution in [2.75, 3.05) is 44.2 Å². The van der Waals surface area contributed by atoms with E-state index in [1.807, 2.05) is 17.0 Å².